The van der Waals surface area contributed by atoms with Crippen molar-refractivity contribution in [2.24, 2.45) is 0 Å². The minimum atomic E-state index is -1.38. The van der Waals surface area contributed by atoms with Gasteiger partial charge in [0.1, 0.15) is 6.61 Å². The van der Waals surface area contributed by atoms with E-state index in [1.54, 1.807) is 48.5 Å². The number of hydrogen-bond acceptors (Lipinski definition) is 7. The van der Waals surface area contributed by atoms with Gasteiger partial charge in [0.05, 0.1) is 6.61 Å². The van der Waals surface area contributed by atoms with Gasteiger partial charge in [-0.25, -0.2) is 9.59 Å². The van der Waals surface area contributed by atoms with Gasteiger partial charge in [-0.3, -0.25) is 4.79 Å². The van der Waals surface area contributed by atoms with Crippen LogP contribution in [-0.2, 0) is 23.8 Å². The Kier molecular flexibility index (Phi) is 7.66. The third-order valence-corrected chi connectivity index (χ3v) is 3.51. The number of ether oxygens (including phenoxy) is 3. The Morgan fingerprint density at radius 3 is 2.15 bits per heavy atom. The molecular weight excluding hydrogens is 352 g/mol. The van der Waals surface area contributed by atoms with Gasteiger partial charge in [0.15, 0.2) is 6.10 Å². The molecule has 0 radical (unpaired) electrons. The number of carbonyl (C=O) groups is 3. The molecule has 7 heteroatoms. The van der Waals surface area contributed by atoms with E-state index in [0.717, 1.165) is 0 Å². The average molecular weight is 372 g/mol. The number of ketones is 1. The summed E-state index contributed by atoms with van der Waals surface area (Å²) in [5, 5.41) is 9.86. The maximum absolute atomic E-state index is 11.9. The Balaban J connectivity index is 1.68. The summed E-state index contributed by atoms with van der Waals surface area (Å²) in [5.41, 5.74) is 0.642. The highest BCUT2D eigenvalue weighted by atomic mass is 16.7. The van der Waals surface area contributed by atoms with Crippen molar-refractivity contribution >= 4 is 17.7 Å². The maximum atomic E-state index is 11.9. The van der Waals surface area contributed by atoms with Crippen LogP contribution in [0, 0.1) is 0 Å². The summed E-state index contributed by atoms with van der Waals surface area (Å²) in [6.45, 7) is 1.23. The lowest BCUT2D eigenvalue weighted by Crippen LogP contribution is -2.26. The van der Waals surface area contributed by atoms with Crippen LogP contribution < -0.4 is 0 Å². The largest absolute Gasteiger partial charge is 0.461 e. The van der Waals surface area contributed by atoms with Crippen molar-refractivity contribution < 1.29 is 33.7 Å². The van der Waals surface area contributed by atoms with Crippen molar-refractivity contribution in [3.63, 3.8) is 0 Å². The number of aliphatic hydroxyl groups is 1. The fraction of sp³-hybridized carbons (Fsp3) is 0.250. The average Bonchev–Trinajstić information content (AvgIpc) is 2.71. The van der Waals surface area contributed by atoms with Crippen LogP contribution in [-0.4, -0.2) is 42.3 Å². The van der Waals surface area contributed by atoms with E-state index in [4.69, 9.17) is 14.2 Å². The van der Waals surface area contributed by atoms with Crippen LogP contribution in [0.15, 0.2) is 60.7 Å². The third kappa shape index (κ3) is 6.32. The molecule has 27 heavy (non-hydrogen) atoms. The van der Waals surface area contributed by atoms with Gasteiger partial charge in [0.25, 0.3) is 5.78 Å². The Bertz CT molecular complexity index is 758. The monoisotopic (exact) mass is 372 g/mol. The molecule has 0 amide bonds. The molecular formula is C20H20O7. The first kappa shape index (κ1) is 20.3. The quantitative estimate of drug-likeness (QED) is 0.236. The van der Waals surface area contributed by atoms with Crippen LogP contribution in [0.3, 0.4) is 0 Å². The highest BCUT2D eigenvalue weighted by molar-refractivity contribution is 6.40. The number of hydrogen-bond donors (Lipinski definition) is 1. The molecule has 142 valence electrons. The van der Waals surface area contributed by atoms with Gasteiger partial charge in [-0.05, 0) is 12.5 Å². The van der Waals surface area contributed by atoms with E-state index >= 15 is 0 Å². The van der Waals surface area contributed by atoms with E-state index in [9.17, 15) is 19.5 Å². The zero-order valence-corrected chi connectivity index (χ0v) is 14.7. The standard InChI is InChI=1S/C20H20O7/c1-14(27-20(24)18(22)16-10-6-3-7-11-16)25-12-13-26-19(23)17(21)15-8-4-2-5-9-15/h2-11,14,17,21H,12-13H2,1H3. The lowest BCUT2D eigenvalue weighted by Gasteiger charge is -2.14. The second-order valence-electron chi connectivity index (χ2n) is 5.52. The van der Waals surface area contributed by atoms with Crippen molar-refractivity contribution in [2.45, 2.75) is 19.3 Å². The minimum Gasteiger partial charge on any atom is -0.461 e. The molecule has 0 aliphatic heterocycles. The topological polar surface area (TPSA) is 99.1 Å². The zero-order valence-electron chi connectivity index (χ0n) is 14.7. The van der Waals surface area contributed by atoms with Crippen molar-refractivity contribution in [3.05, 3.63) is 71.8 Å². The number of esters is 2. The van der Waals surface area contributed by atoms with Gasteiger partial charge in [-0.2, -0.15) is 0 Å². The number of carbonyl (C=O) groups excluding carboxylic acids is 3. The Morgan fingerprint density at radius 1 is 0.926 bits per heavy atom. The summed E-state index contributed by atoms with van der Waals surface area (Å²) >= 11 is 0. The van der Waals surface area contributed by atoms with Gasteiger partial charge in [-0.15, -0.1) is 0 Å². The molecule has 0 aromatic heterocycles. The Morgan fingerprint density at radius 2 is 1.52 bits per heavy atom. The highest BCUT2D eigenvalue weighted by Gasteiger charge is 2.21. The lowest BCUT2D eigenvalue weighted by molar-refractivity contribution is -0.175. The van der Waals surface area contributed by atoms with Gasteiger partial charge in [-0.1, -0.05) is 60.7 Å². The Labute approximate surface area is 156 Å². The van der Waals surface area contributed by atoms with Crippen molar-refractivity contribution in [1.82, 2.24) is 0 Å². The van der Waals surface area contributed by atoms with E-state index in [2.05, 4.69) is 0 Å². The van der Waals surface area contributed by atoms with E-state index in [1.807, 2.05) is 0 Å². The first-order chi connectivity index (χ1) is 13.0. The first-order valence-electron chi connectivity index (χ1n) is 8.30. The van der Waals surface area contributed by atoms with Gasteiger partial charge >= 0.3 is 11.9 Å². The highest BCUT2D eigenvalue weighted by Crippen LogP contribution is 2.13. The second-order valence-corrected chi connectivity index (χ2v) is 5.52. The molecule has 2 rings (SSSR count). The lowest BCUT2D eigenvalue weighted by atomic mass is 10.1. The molecule has 7 nitrogen and oxygen atoms in total. The van der Waals surface area contributed by atoms with Crippen LogP contribution in [0.1, 0.15) is 28.9 Å². The molecule has 0 saturated carbocycles. The van der Waals surface area contributed by atoms with Crippen molar-refractivity contribution in [2.75, 3.05) is 13.2 Å². The maximum Gasteiger partial charge on any atom is 0.381 e. The summed E-state index contributed by atoms with van der Waals surface area (Å²) in [7, 11) is 0. The van der Waals surface area contributed by atoms with Crippen molar-refractivity contribution in [1.29, 1.82) is 0 Å². The molecule has 1 N–H and O–H groups in total. The summed E-state index contributed by atoms with van der Waals surface area (Å²) in [6.07, 6.45) is -2.38. The number of aliphatic hydroxyl groups excluding tert-OH is 1. The summed E-state index contributed by atoms with van der Waals surface area (Å²) < 4.78 is 15.0. The van der Waals surface area contributed by atoms with Gasteiger partial charge in [0.2, 0.25) is 6.29 Å². The van der Waals surface area contributed by atoms with Crippen LogP contribution in [0.4, 0.5) is 0 Å². The molecule has 0 saturated heterocycles. The summed E-state index contributed by atoms with van der Waals surface area (Å²) in [6, 6.07) is 16.4. The molecule has 0 fully saturated rings. The van der Waals surface area contributed by atoms with Crippen LogP contribution >= 0.6 is 0 Å². The van der Waals surface area contributed by atoms with Crippen molar-refractivity contribution in [3.8, 4) is 0 Å². The minimum absolute atomic E-state index is 0.0682. The van der Waals surface area contributed by atoms with Gasteiger partial charge in [0, 0.05) is 5.56 Å². The van der Waals surface area contributed by atoms with Gasteiger partial charge < -0.3 is 19.3 Å². The molecule has 0 spiro atoms. The third-order valence-electron chi connectivity index (χ3n) is 3.51. The summed E-state index contributed by atoms with van der Waals surface area (Å²) in [4.78, 5) is 35.4. The number of rotatable bonds is 9. The first-order valence-corrected chi connectivity index (χ1v) is 8.30. The second kappa shape index (κ2) is 10.2. The molecule has 2 unspecified atom stereocenters. The summed E-state index contributed by atoms with van der Waals surface area (Å²) in [5.74, 6) is -2.62. The fourth-order valence-electron chi connectivity index (χ4n) is 2.15. The predicted octanol–water partition coefficient (Wildman–Crippen LogP) is 2.05. The molecule has 2 aromatic rings. The number of benzene rings is 2. The molecule has 0 heterocycles. The Hall–Kier alpha value is -3.03. The number of Topliss-reactive ketones (excluding diaryl/α,β-unsaturated/α-hetero) is 1. The van der Waals surface area contributed by atoms with E-state index < -0.39 is 30.1 Å². The normalized spacial score (nSPS) is 12.7. The zero-order chi connectivity index (χ0) is 19.6. The van der Waals surface area contributed by atoms with E-state index in [0.29, 0.717) is 5.56 Å². The smallest absolute Gasteiger partial charge is 0.381 e. The molecule has 0 aliphatic carbocycles. The van der Waals surface area contributed by atoms with E-state index in [1.165, 1.54) is 19.1 Å². The molecule has 0 aliphatic rings. The fourth-order valence-corrected chi connectivity index (χ4v) is 2.15. The van der Waals surface area contributed by atoms with E-state index in [-0.39, 0.29) is 18.8 Å². The molecule has 2 aromatic carbocycles. The SMILES string of the molecule is CC(OCCOC(=O)C(O)c1ccccc1)OC(=O)C(=O)c1ccccc1. The predicted molar refractivity (Wildman–Crippen MR) is 94.6 cm³/mol. The van der Waals surface area contributed by atoms with Crippen LogP contribution in [0.25, 0.3) is 0 Å². The van der Waals surface area contributed by atoms with Crippen LogP contribution in [0.5, 0.6) is 0 Å². The molecule has 2 atom stereocenters. The molecule has 0 bridgehead atoms. The van der Waals surface area contributed by atoms with Crippen LogP contribution in [0.2, 0.25) is 0 Å².